The maximum atomic E-state index is 12.6. The highest BCUT2D eigenvalue weighted by molar-refractivity contribution is 6.31. The molecule has 2 N–H and O–H groups in total. The number of urea groups is 1. The van der Waals surface area contributed by atoms with Crippen LogP contribution in [0.2, 0.25) is 5.02 Å². The first kappa shape index (κ1) is 27.7. The van der Waals surface area contributed by atoms with Gasteiger partial charge in [-0.15, -0.1) is 12.4 Å². The van der Waals surface area contributed by atoms with Gasteiger partial charge in [-0.25, -0.2) is 4.79 Å². The molecule has 0 aliphatic carbocycles. The summed E-state index contributed by atoms with van der Waals surface area (Å²) >= 11 is 6.17. The lowest BCUT2D eigenvalue weighted by molar-refractivity contribution is 0.0571. The van der Waals surface area contributed by atoms with Gasteiger partial charge >= 0.3 is 6.03 Å². The molecule has 3 aromatic carbocycles. The number of anilines is 3. The molecule has 1 saturated heterocycles. The number of aryl methyl sites for hydroxylation is 1. The zero-order valence-electron chi connectivity index (χ0n) is 21.4. The molecule has 3 aromatic rings. The van der Waals surface area contributed by atoms with Crippen LogP contribution in [0.4, 0.5) is 21.9 Å². The number of nitrogens with one attached hydrogen (secondary N) is 2. The zero-order chi connectivity index (χ0) is 25.8. The number of para-hydroxylation sites is 2. The highest BCUT2D eigenvalue weighted by Crippen LogP contribution is 2.33. The van der Waals surface area contributed by atoms with Crippen LogP contribution in [0.5, 0.6) is 17.2 Å². The second-order valence-electron chi connectivity index (χ2n) is 9.21. The van der Waals surface area contributed by atoms with E-state index in [1.165, 1.54) is 0 Å². The zero-order valence-corrected chi connectivity index (χ0v) is 23.0. The van der Waals surface area contributed by atoms with E-state index in [0.717, 1.165) is 61.2 Å². The van der Waals surface area contributed by atoms with Crippen LogP contribution in [0.25, 0.3) is 0 Å². The van der Waals surface area contributed by atoms with Crippen molar-refractivity contribution in [3.63, 3.8) is 0 Å². The monoisotopic (exact) mass is 558 g/mol. The Morgan fingerprint density at radius 1 is 1.00 bits per heavy atom. The molecule has 5 rings (SSSR count). The standard InChI is InChI=1S/C28H31ClN4O4.ClH/c1-19-7-8-20(15-23(19)29)30-28(34)31-21-9-10-25(35-2)24(16-21)33-13-11-32(12-14-33)17-22-18-36-26-5-3-4-6-27(26)37-22;/h3-10,15-16,22H,11-14,17-18H2,1-2H3,(H2,30,31,34);1H. The number of halogens is 2. The maximum Gasteiger partial charge on any atom is 0.323 e. The van der Waals surface area contributed by atoms with Gasteiger partial charge < -0.3 is 29.7 Å². The van der Waals surface area contributed by atoms with E-state index in [9.17, 15) is 4.79 Å². The third kappa shape index (κ3) is 6.56. The highest BCUT2D eigenvalue weighted by Gasteiger charge is 2.26. The Labute approximate surface area is 234 Å². The SMILES string of the molecule is COc1ccc(NC(=O)Nc2ccc(C)c(Cl)c2)cc1N1CCN(CC2COc3ccccc3O2)CC1.Cl. The number of methoxy groups -OCH3 is 1. The quantitative estimate of drug-likeness (QED) is 0.405. The van der Waals surface area contributed by atoms with Gasteiger partial charge in [-0.2, -0.15) is 0 Å². The molecule has 0 aromatic heterocycles. The van der Waals surface area contributed by atoms with Crippen molar-refractivity contribution >= 4 is 47.1 Å². The smallest absolute Gasteiger partial charge is 0.323 e. The van der Waals surface area contributed by atoms with E-state index in [1.54, 1.807) is 13.2 Å². The lowest BCUT2D eigenvalue weighted by Crippen LogP contribution is -2.50. The van der Waals surface area contributed by atoms with Crippen LogP contribution in [0.3, 0.4) is 0 Å². The average Bonchev–Trinajstić information content (AvgIpc) is 2.91. The largest absolute Gasteiger partial charge is 0.495 e. The van der Waals surface area contributed by atoms with Crippen LogP contribution in [-0.4, -0.2) is 63.5 Å². The van der Waals surface area contributed by atoms with Crippen LogP contribution in [0, 0.1) is 6.92 Å². The predicted octanol–water partition coefficient (Wildman–Crippen LogP) is 5.68. The normalized spacial score (nSPS) is 16.8. The summed E-state index contributed by atoms with van der Waals surface area (Å²) < 4.78 is 17.6. The van der Waals surface area contributed by atoms with E-state index in [0.29, 0.717) is 23.0 Å². The molecule has 2 aliphatic rings. The number of fused-ring (bicyclic) bond motifs is 1. The first-order valence-electron chi connectivity index (χ1n) is 12.4. The Kier molecular flexibility index (Phi) is 9.09. The van der Waals surface area contributed by atoms with Gasteiger partial charge in [0.1, 0.15) is 18.5 Å². The number of carbonyl (C=O) groups is 1. The lowest BCUT2D eigenvalue weighted by atomic mass is 10.2. The van der Waals surface area contributed by atoms with Crippen molar-refractivity contribution in [2.45, 2.75) is 13.0 Å². The summed E-state index contributed by atoms with van der Waals surface area (Å²) in [7, 11) is 1.66. The summed E-state index contributed by atoms with van der Waals surface area (Å²) in [6.07, 6.45) is 0.00503. The van der Waals surface area contributed by atoms with Gasteiger partial charge in [0.25, 0.3) is 0 Å². The Bertz CT molecular complexity index is 1270. The maximum absolute atomic E-state index is 12.6. The molecule has 0 bridgehead atoms. The van der Waals surface area contributed by atoms with Crippen LogP contribution in [-0.2, 0) is 0 Å². The molecule has 2 amide bonds. The molecule has 2 aliphatic heterocycles. The molecule has 0 saturated carbocycles. The first-order valence-corrected chi connectivity index (χ1v) is 12.7. The van der Waals surface area contributed by atoms with Gasteiger partial charge in [0, 0.05) is 49.1 Å². The van der Waals surface area contributed by atoms with Crippen LogP contribution >= 0.6 is 24.0 Å². The van der Waals surface area contributed by atoms with Crippen molar-refractivity contribution in [2.75, 3.05) is 62.0 Å². The minimum absolute atomic E-state index is 0. The van der Waals surface area contributed by atoms with E-state index in [-0.39, 0.29) is 24.5 Å². The van der Waals surface area contributed by atoms with Crippen LogP contribution in [0.15, 0.2) is 60.7 Å². The summed E-state index contributed by atoms with van der Waals surface area (Å²) in [4.78, 5) is 17.3. The summed E-state index contributed by atoms with van der Waals surface area (Å²) in [6, 6.07) is 18.5. The van der Waals surface area contributed by atoms with Crippen molar-refractivity contribution < 1.29 is 19.0 Å². The molecule has 0 radical (unpaired) electrons. The Hall–Kier alpha value is -3.33. The van der Waals surface area contributed by atoms with E-state index in [2.05, 4.69) is 20.4 Å². The van der Waals surface area contributed by atoms with Gasteiger partial charge in [-0.1, -0.05) is 29.8 Å². The minimum atomic E-state index is -0.336. The van der Waals surface area contributed by atoms with E-state index >= 15 is 0 Å². The molecular weight excluding hydrogens is 527 g/mol. The van der Waals surface area contributed by atoms with E-state index in [1.807, 2.05) is 61.5 Å². The third-order valence-corrected chi connectivity index (χ3v) is 7.02. The molecule has 2 heterocycles. The number of benzene rings is 3. The van der Waals surface area contributed by atoms with Crippen molar-refractivity contribution in [3.8, 4) is 17.2 Å². The first-order chi connectivity index (χ1) is 18.0. The molecular formula is C28H32Cl2N4O4. The molecule has 202 valence electrons. The molecule has 10 heteroatoms. The number of hydrogen-bond acceptors (Lipinski definition) is 6. The van der Waals surface area contributed by atoms with Gasteiger partial charge in [-0.3, -0.25) is 4.90 Å². The van der Waals surface area contributed by atoms with E-state index < -0.39 is 0 Å². The summed E-state index contributed by atoms with van der Waals surface area (Å²) in [5, 5.41) is 6.35. The van der Waals surface area contributed by atoms with Gasteiger partial charge in [0.05, 0.1) is 12.8 Å². The summed E-state index contributed by atoms with van der Waals surface area (Å²) in [5.41, 5.74) is 3.22. The third-order valence-electron chi connectivity index (χ3n) is 6.61. The number of carbonyl (C=O) groups excluding carboxylic acids is 1. The highest BCUT2D eigenvalue weighted by atomic mass is 35.5. The van der Waals surface area contributed by atoms with Crippen LogP contribution in [0.1, 0.15) is 5.56 Å². The lowest BCUT2D eigenvalue weighted by Gasteiger charge is -2.38. The van der Waals surface area contributed by atoms with Gasteiger partial charge in [0.2, 0.25) is 0 Å². The van der Waals surface area contributed by atoms with Crippen molar-refractivity contribution in [1.82, 2.24) is 4.90 Å². The Morgan fingerprint density at radius 3 is 2.39 bits per heavy atom. The van der Waals surface area contributed by atoms with Gasteiger partial charge in [-0.05, 0) is 55.0 Å². The second kappa shape index (κ2) is 12.5. The molecule has 1 fully saturated rings. The number of amides is 2. The number of nitrogens with zero attached hydrogens (tertiary/aromatic N) is 2. The van der Waals surface area contributed by atoms with Crippen molar-refractivity contribution in [1.29, 1.82) is 0 Å². The molecule has 0 spiro atoms. The van der Waals surface area contributed by atoms with Crippen molar-refractivity contribution in [3.05, 3.63) is 71.2 Å². The number of ether oxygens (including phenoxy) is 3. The van der Waals surface area contributed by atoms with Gasteiger partial charge in [0.15, 0.2) is 11.5 Å². The average molecular weight is 559 g/mol. The fourth-order valence-corrected chi connectivity index (χ4v) is 4.77. The summed E-state index contributed by atoms with van der Waals surface area (Å²) in [6.45, 7) is 6.71. The number of piperazine rings is 1. The molecule has 1 unspecified atom stereocenters. The fraction of sp³-hybridized carbons (Fsp3) is 0.321. The molecule has 38 heavy (non-hydrogen) atoms. The van der Waals surface area contributed by atoms with Crippen LogP contribution < -0.4 is 29.7 Å². The molecule has 1 atom stereocenters. The molecule has 8 nitrogen and oxygen atoms in total. The van der Waals surface area contributed by atoms with E-state index in [4.69, 9.17) is 25.8 Å². The summed E-state index contributed by atoms with van der Waals surface area (Å²) in [5.74, 6) is 2.38. The Balaban J connectivity index is 0.00000336. The minimum Gasteiger partial charge on any atom is -0.495 e. The number of hydrogen-bond donors (Lipinski definition) is 2. The predicted molar refractivity (Wildman–Crippen MR) is 154 cm³/mol. The van der Waals surface area contributed by atoms with Crippen molar-refractivity contribution in [2.24, 2.45) is 0 Å². The fourth-order valence-electron chi connectivity index (χ4n) is 4.59. The topological polar surface area (TPSA) is 75.3 Å². The number of rotatable bonds is 6. The second-order valence-corrected chi connectivity index (χ2v) is 9.62. The Morgan fingerprint density at radius 2 is 1.68 bits per heavy atom.